The number of halogens is 3. The normalized spacial score (nSPS) is 11.1. The van der Waals surface area contributed by atoms with E-state index in [1.165, 1.54) is 19.2 Å². The van der Waals surface area contributed by atoms with Crippen molar-refractivity contribution in [1.82, 2.24) is 0 Å². The maximum absolute atomic E-state index is 12.1. The third-order valence-electron chi connectivity index (χ3n) is 1.68. The van der Waals surface area contributed by atoms with Crippen LogP contribution in [0.5, 0.6) is 11.5 Å². The Kier molecular flexibility index (Phi) is 4.33. The van der Waals surface area contributed by atoms with E-state index in [2.05, 4.69) is 9.47 Å². The molecule has 0 amide bonds. The zero-order valence-corrected chi connectivity index (χ0v) is 8.78. The molecule has 1 aromatic carbocycles. The number of carbonyl (C=O) groups excluding carboxylic acids is 1. The van der Waals surface area contributed by atoms with Crippen molar-refractivity contribution in [3.8, 4) is 11.5 Å². The lowest BCUT2D eigenvalue weighted by atomic mass is 10.2. The minimum absolute atomic E-state index is 0.0520. The Balaban J connectivity index is 3.05. The fourth-order valence-corrected chi connectivity index (χ4v) is 1.10. The summed E-state index contributed by atoms with van der Waals surface area (Å²) in [4.78, 5) is 10.7. The molecule has 0 aliphatic carbocycles. The first kappa shape index (κ1) is 13.3. The van der Waals surface area contributed by atoms with Gasteiger partial charge >= 0.3 is 6.36 Å². The van der Waals surface area contributed by atoms with Gasteiger partial charge in [-0.25, -0.2) is 0 Å². The van der Waals surface area contributed by atoms with E-state index < -0.39 is 12.1 Å². The molecule has 0 fully saturated rings. The Bertz CT molecular complexity index is 390. The van der Waals surface area contributed by atoms with Crippen molar-refractivity contribution in [2.45, 2.75) is 6.36 Å². The molecule has 0 atom stereocenters. The van der Waals surface area contributed by atoms with Crippen molar-refractivity contribution in [2.75, 3.05) is 13.9 Å². The molecule has 4 nitrogen and oxygen atoms in total. The van der Waals surface area contributed by atoms with Crippen LogP contribution in [0.2, 0.25) is 0 Å². The molecular weight excluding hydrogens is 241 g/mol. The molecule has 0 N–H and O–H groups in total. The van der Waals surface area contributed by atoms with Crippen molar-refractivity contribution in [3.63, 3.8) is 0 Å². The summed E-state index contributed by atoms with van der Waals surface area (Å²) < 4.78 is 49.4. The van der Waals surface area contributed by atoms with E-state index in [4.69, 9.17) is 4.74 Å². The Morgan fingerprint density at radius 2 is 2.06 bits per heavy atom. The lowest BCUT2D eigenvalue weighted by molar-refractivity contribution is -0.275. The molecule has 1 rings (SSSR count). The molecule has 0 saturated carbocycles. The van der Waals surface area contributed by atoms with Crippen molar-refractivity contribution in [3.05, 3.63) is 23.8 Å². The molecule has 7 heteroatoms. The van der Waals surface area contributed by atoms with Gasteiger partial charge in [-0.05, 0) is 12.1 Å². The SMILES string of the molecule is COCOc1c(C=O)cccc1OC(F)(F)F. The summed E-state index contributed by atoms with van der Waals surface area (Å²) in [5.74, 6) is -0.888. The smallest absolute Gasteiger partial charge is 0.463 e. The van der Waals surface area contributed by atoms with Gasteiger partial charge in [0, 0.05) is 7.11 Å². The number of alkyl halides is 3. The van der Waals surface area contributed by atoms with E-state index in [1.807, 2.05) is 0 Å². The molecule has 0 aliphatic rings. The van der Waals surface area contributed by atoms with Crippen molar-refractivity contribution in [1.29, 1.82) is 0 Å². The van der Waals surface area contributed by atoms with E-state index in [-0.39, 0.29) is 18.1 Å². The van der Waals surface area contributed by atoms with E-state index >= 15 is 0 Å². The average Bonchev–Trinajstić information content (AvgIpc) is 2.25. The van der Waals surface area contributed by atoms with Crippen molar-refractivity contribution < 1.29 is 32.2 Å². The van der Waals surface area contributed by atoms with E-state index in [9.17, 15) is 18.0 Å². The fraction of sp³-hybridized carbons (Fsp3) is 0.300. The average molecular weight is 250 g/mol. The largest absolute Gasteiger partial charge is 0.573 e. The van der Waals surface area contributed by atoms with Crippen molar-refractivity contribution in [2.24, 2.45) is 0 Å². The van der Waals surface area contributed by atoms with Gasteiger partial charge in [0.25, 0.3) is 0 Å². The number of rotatable bonds is 5. The Morgan fingerprint density at radius 3 is 2.59 bits per heavy atom. The summed E-state index contributed by atoms with van der Waals surface area (Å²) >= 11 is 0. The second kappa shape index (κ2) is 5.53. The second-order valence-corrected chi connectivity index (χ2v) is 2.89. The highest BCUT2D eigenvalue weighted by molar-refractivity contribution is 5.81. The summed E-state index contributed by atoms with van der Waals surface area (Å²) in [5, 5.41) is 0. The molecular formula is C10H9F3O4. The molecule has 0 bridgehead atoms. The third kappa shape index (κ3) is 3.95. The van der Waals surface area contributed by atoms with Gasteiger partial charge < -0.3 is 14.2 Å². The molecule has 94 valence electrons. The molecule has 17 heavy (non-hydrogen) atoms. The second-order valence-electron chi connectivity index (χ2n) is 2.89. The van der Waals surface area contributed by atoms with Gasteiger partial charge in [-0.15, -0.1) is 13.2 Å². The molecule has 0 unspecified atom stereocenters. The molecule has 0 heterocycles. The monoisotopic (exact) mass is 250 g/mol. The van der Waals surface area contributed by atoms with Crippen molar-refractivity contribution >= 4 is 6.29 Å². The predicted molar refractivity (Wildman–Crippen MR) is 51.0 cm³/mol. The van der Waals surface area contributed by atoms with E-state index in [0.717, 1.165) is 6.07 Å². The zero-order valence-electron chi connectivity index (χ0n) is 8.78. The number of hydrogen-bond donors (Lipinski definition) is 0. The topological polar surface area (TPSA) is 44.8 Å². The van der Waals surface area contributed by atoms with E-state index in [1.54, 1.807) is 0 Å². The first-order chi connectivity index (χ1) is 7.98. The van der Waals surface area contributed by atoms with Crippen LogP contribution >= 0.6 is 0 Å². The zero-order chi connectivity index (χ0) is 12.9. The minimum Gasteiger partial charge on any atom is -0.463 e. The number of hydrogen-bond acceptors (Lipinski definition) is 4. The number of para-hydroxylation sites is 1. The number of aldehydes is 1. The lowest BCUT2D eigenvalue weighted by Gasteiger charge is -2.14. The highest BCUT2D eigenvalue weighted by atomic mass is 19.4. The Labute approximate surface area is 94.9 Å². The number of ether oxygens (including phenoxy) is 3. The van der Waals surface area contributed by atoms with Gasteiger partial charge in [0.1, 0.15) is 0 Å². The van der Waals surface area contributed by atoms with Gasteiger partial charge in [0.15, 0.2) is 24.6 Å². The van der Waals surface area contributed by atoms with Gasteiger partial charge in [-0.1, -0.05) is 6.07 Å². The van der Waals surface area contributed by atoms with E-state index in [0.29, 0.717) is 6.29 Å². The summed E-state index contributed by atoms with van der Waals surface area (Å²) in [7, 11) is 1.30. The van der Waals surface area contributed by atoms with Gasteiger partial charge in [0.2, 0.25) is 0 Å². The van der Waals surface area contributed by atoms with Gasteiger partial charge in [-0.3, -0.25) is 4.79 Å². The van der Waals surface area contributed by atoms with Crippen LogP contribution < -0.4 is 9.47 Å². The van der Waals surface area contributed by atoms with Crippen LogP contribution in [0.1, 0.15) is 10.4 Å². The molecule has 0 radical (unpaired) electrons. The highest BCUT2D eigenvalue weighted by Gasteiger charge is 2.33. The summed E-state index contributed by atoms with van der Waals surface area (Å²) in [6.07, 6.45) is -4.49. The quantitative estimate of drug-likeness (QED) is 0.594. The Hall–Kier alpha value is -1.76. The van der Waals surface area contributed by atoms with Crippen LogP contribution in [0, 0.1) is 0 Å². The molecule has 1 aromatic rings. The van der Waals surface area contributed by atoms with Crippen LogP contribution in [0.4, 0.5) is 13.2 Å². The Morgan fingerprint density at radius 1 is 1.35 bits per heavy atom. The molecule has 0 saturated heterocycles. The fourth-order valence-electron chi connectivity index (χ4n) is 1.10. The summed E-state index contributed by atoms with van der Waals surface area (Å²) in [5.41, 5.74) is -0.0520. The third-order valence-corrected chi connectivity index (χ3v) is 1.68. The van der Waals surface area contributed by atoms with Crippen LogP contribution in [-0.2, 0) is 4.74 Å². The standard InChI is InChI=1S/C10H9F3O4/c1-15-6-16-9-7(5-14)3-2-4-8(9)17-10(11,12)13/h2-5H,6H2,1H3. The number of carbonyl (C=O) groups is 1. The first-order valence-electron chi connectivity index (χ1n) is 4.43. The highest BCUT2D eigenvalue weighted by Crippen LogP contribution is 2.34. The maximum atomic E-state index is 12.1. The first-order valence-corrected chi connectivity index (χ1v) is 4.43. The maximum Gasteiger partial charge on any atom is 0.573 e. The molecule has 0 aromatic heterocycles. The molecule has 0 spiro atoms. The number of methoxy groups -OCH3 is 1. The van der Waals surface area contributed by atoms with Gasteiger partial charge in [0.05, 0.1) is 5.56 Å². The van der Waals surface area contributed by atoms with Crippen LogP contribution in [-0.4, -0.2) is 26.6 Å². The summed E-state index contributed by atoms with van der Waals surface area (Å²) in [6, 6.07) is 3.61. The lowest BCUT2D eigenvalue weighted by Crippen LogP contribution is -2.18. The summed E-state index contributed by atoms with van der Waals surface area (Å²) in [6.45, 7) is -0.293. The number of benzene rings is 1. The predicted octanol–water partition coefficient (Wildman–Crippen LogP) is 2.38. The molecule has 0 aliphatic heterocycles. The van der Waals surface area contributed by atoms with Gasteiger partial charge in [-0.2, -0.15) is 0 Å². The minimum atomic E-state index is -4.85. The van der Waals surface area contributed by atoms with Crippen LogP contribution in [0.3, 0.4) is 0 Å². The van der Waals surface area contributed by atoms with Crippen LogP contribution in [0.15, 0.2) is 18.2 Å². The van der Waals surface area contributed by atoms with Crippen LogP contribution in [0.25, 0.3) is 0 Å².